The maximum absolute atomic E-state index is 11.8. The van der Waals surface area contributed by atoms with Gasteiger partial charge in [-0.05, 0) is 61.4 Å². The minimum absolute atomic E-state index is 0.0164. The number of hydrazone groups is 2. The topological polar surface area (TPSA) is 142 Å². The molecule has 0 spiro atoms. The van der Waals surface area contributed by atoms with Gasteiger partial charge in [-0.25, -0.2) is 10.9 Å². The molecule has 0 atom stereocenters. The summed E-state index contributed by atoms with van der Waals surface area (Å²) in [6, 6.07) is 9.05. The van der Waals surface area contributed by atoms with Gasteiger partial charge >= 0.3 is 11.8 Å². The zero-order valence-electron chi connectivity index (χ0n) is 16.5. The molecule has 0 aliphatic heterocycles. The van der Waals surface area contributed by atoms with Crippen LogP contribution in [0, 0.1) is 0 Å². The minimum atomic E-state index is -1.02. The molecule has 30 heavy (non-hydrogen) atoms. The number of carbonyl (C=O) groups excluding carboxylic acids is 2. The Balaban J connectivity index is 1.88. The summed E-state index contributed by atoms with van der Waals surface area (Å²) in [5.41, 5.74) is 5.23. The number of ether oxygens (including phenoxy) is 2. The number of hydrogen-bond donors (Lipinski definition) is 4. The van der Waals surface area contributed by atoms with Gasteiger partial charge in [-0.2, -0.15) is 10.2 Å². The number of hydrogen-bond acceptors (Lipinski definition) is 8. The van der Waals surface area contributed by atoms with Crippen molar-refractivity contribution in [3.8, 4) is 23.0 Å². The van der Waals surface area contributed by atoms with E-state index in [1.54, 1.807) is 26.0 Å². The fourth-order valence-electron chi connectivity index (χ4n) is 2.20. The standard InChI is InChI=1S/C20H22N4O6/c1-3-29-17-9-13(5-7-15(17)25)11-21-23-19(27)20(28)24-22-12-14-6-8-16(26)18(10-14)30-4-2/h5-12,25-26H,3-4H2,1-2H3,(H,23,27)(H,24,28)/b21-11+,22-12+. The van der Waals surface area contributed by atoms with Crippen molar-refractivity contribution in [2.45, 2.75) is 13.8 Å². The summed E-state index contributed by atoms with van der Waals surface area (Å²) in [6.45, 7) is 4.31. The van der Waals surface area contributed by atoms with Gasteiger partial charge in [0.05, 0.1) is 25.6 Å². The largest absolute Gasteiger partial charge is 0.504 e. The first kappa shape index (κ1) is 22.2. The Kier molecular flexibility index (Phi) is 8.18. The first-order valence-electron chi connectivity index (χ1n) is 9.02. The monoisotopic (exact) mass is 414 g/mol. The lowest BCUT2D eigenvalue weighted by molar-refractivity contribution is -0.139. The van der Waals surface area contributed by atoms with E-state index in [1.807, 2.05) is 0 Å². The van der Waals surface area contributed by atoms with Crippen LogP contribution in [0.1, 0.15) is 25.0 Å². The molecule has 0 heterocycles. The molecule has 158 valence electrons. The highest BCUT2D eigenvalue weighted by Gasteiger charge is 2.11. The molecular weight excluding hydrogens is 392 g/mol. The van der Waals surface area contributed by atoms with Gasteiger partial charge in [-0.15, -0.1) is 0 Å². The van der Waals surface area contributed by atoms with Crippen LogP contribution in [0.25, 0.3) is 0 Å². The average Bonchev–Trinajstić information content (AvgIpc) is 2.72. The van der Waals surface area contributed by atoms with Crippen LogP contribution in [-0.4, -0.2) is 47.7 Å². The van der Waals surface area contributed by atoms with Crippen LogP contribution in [0.5, 0.6) is 23.0 Å². The summed E-state index contributed by atoms with van der Waals surface area (Å²) in [5.74, 6) is -1.52. The van der Waals surface area contributed by atoms with Crippen molar-refractivity contribution in [2.24, 2.45) is 10.2 Å². The van der Waals surface area contributed by atoms with Crippen molar-refractivity contribution in [3.63, 3.8) is 0 Å². The zero-order chi connectivity index (χ0) is 21.9. The molecule has 0 aliphatic carbocycles. The van der Waals surface area contributed by atoms with E-state index in [-0.39, 0.29) is 23.0 Å². The number of phenolic OH excluding ortho intramolecular Hbond substituents is 2. The van der Waals surface area contributed by atoms with Gasteiger partial charge in [0.1, 0.15) is 0 Å². The molecule has 0 fully saturated rings. The van der Waals surface area contributed by atoms with Crippen molar-refractivity contribution >= 4 is 24.2 Å². The lowest BCUT2D eigenvalue weighted by Gasteiger charge is -2.06. The zero-order valence-corrected chi connectivity index (χ0v) is 16.5. The Hall–Kier alpha value is -4.08. The Morgan fingerprint density at radius 3 is 1.60 bits per heavy atom. The third-order valence-corrected chi connectivity index (χ3v) is 3.53. The minimum Gasteiger partial charge on any atom is -0.504 e. The quantitative estimate of drug-likeness (QED) is 0.293. The van der Waals surface area contributed by atoms with Gasteiger partial charge in [0, 0.05) is 0 Å². The molecular formula is C20H22N4O6. The van der Waals surface area contributed by atoms with Crippen molar-refractivity contribution in [2.75, 3.05) is 13.2 Å². The third kappa shape index (κ3) is 6.51. The van der Waals surface area contributed by atoms with Gasteiger partial charge in [0.25, 0.3) is 0 Å². The van der Waals surface area contributed by atoms with E-state index in [2.05, 4.69) is 21.1 Å². The first-order chi connectivity index (χ1) is 14.4. The number of aromatic hydroxyl groups is 2. The molecule has 0 saturated heterocycles. The number of nitrogens with one attached hydrogen (secondary N) is 2. The van der Waals surface area contributed by atoms with Gasteiger partial charge in [-0.3, -0.25) is 9.59 Å². The molecule has 0 unspecified atom stereocenters. The molecule has 0 bridgehead atoms. The molecule has 2 amide bonds. The summed E-state index contributed by atoms with van der Waals surface area (Å²) in [7, 11) is 0. The normalized spacial score (nSPS) is 10.9. The van der Waals surface area contributed by atoms with E-state index in [0.717, 1.165) is 0 Å². The summed E-state index contributed by atoms with van der Waals surface area (Å²) in [6.07, 6.45) is 2.59. The van der Waals surface area contributed by atoms with Gasteiger partial charge in [0.15, 0.2) is 23.0 Å². The Bertz CT molecular complexity index is 881. The number of amides is 2. The van der Waals surface area contributed by atoms with Gasteiger partial charge in [-0.1, -0.05) is 0 Å². The van der Waals surface area contributed by atoms with Crippen molar-refractivity contribution in [1.82, 2.24) is 10.9 Å². The number of benzene rings is 2. The van der Waals surface area contributed by atoms with Gasteiger partial charge < -0.3 is 19.7 Å². The van der Waals surface area contributed by atoms with Crippen LogP contribution in [0.2, 0.25) is 0 Å². The molecule has 2 aromatic carbocycles. The SMILES string of the molecule is CCOc1cc(/C=N/NC(=O)C(=O)N/N=C/c2ccc(O)c(OCC)c2)ccc1O. The fourth-order valence-corrected chi connectivity index (χ4v) is 2.20. The van der Waals surface area contributed by atoms with Crippen LogP contribution in [0.3, 0.4) is 0 Å². The first-order valence-corrected chi connectivity index (χ1v) is 9.02. The maximum Gasteiger partial charge on any atom is 0.331 e. The second-order valence-corrected chi connectivity index (χ2v) is 5.72. The van der Waals surface area contributed by atoms with E-state index in [4.69, 9.17) is 9.47 Å². The van der Waals surface area contributed by atoms with Crippen molar-refractivity contribution < 1.29 is 29.3 Å². The number of rotatable bonds is 8. The Labute approximate surface area is 172 Å². The molecule has 0 aromatic heterocycles. The highest BCUT2D eigenvalue weighted by Crippen LogP contribution is 2.26. The third-order valence-electron chi connectivity index (χ3n) is 3.53. The average molecular weight is 414 g/mol. The van der Waals surface area contributed by atoms with Crippen molar-refractivity contribution in [1.29, 1.82) is 0 Å². The highest BCUT2D eigenvalue weighted by atomic mass is 16.5. The van der Waals surface area contributed by atoms with Crippen LogP contribution < -0.4 is 20.3 Å². The van der Waals surface area contributed by atoms with Crippen LogP contribution in [0.15, 0.2) is 46.6 Å². The predicted molar refractivity (Wildman–Crippen MR) is 110 cm³/mol. The molecule has 0 saturated carbocycles. The van der Waals surface area contributed by atoms with E-state index < -0.39 is 11.8 Å². The lowest BCUT2D eigenvalue weighted by atomic mass is 10.2. The number of carbonyl (C=O) groups is 2. The number of phenols is 2. The molecule has 10 nitrogen and oxygen atoms in total. The molecule has 0 aliphatic rings. The van der Waals surface area contributed by atoms with Gasteiger partial charge in [0.2, 0.25) is 0 Å². The Morgan fingerprint density at radius 1 is 0.833 bits per heavy atom. The summed E-state index contributed by atoms with van der Waals surface area (Å²) < 4.78 is 10.5. The summed E-state index contributed by atoms with van der Waals surface area (Å²) in [4.78, 5) is 23.5. The van der Waals surface area contributed by atoms with Crippen LogP contribution in [-0.2, 0) is 9.59 Å². The lowest BCUT2D eigenvalue weighted by Crippen LogP contribution is -2.35. The van der Waals surface area contributed by atoms with E-state index in [9.17, 15) is 19.8 Å². The van der Waals surface area contributed by atoms with Crippen LogP contribution in [0.4, 0.5) is 0 Å². The smallest absolute Gasteiger partial charge is 0.331 e. The molecule has 4 N–H and O–H groups in total. The second-order valence-electron chi connectivity index (χ2n) is 5.72. The van der Waals surface area contributed by atoms with E-state index in [0.29, 0.717) is 24.3 Å². The predicted octanol–water partition coefficient (Wildman–Crippen LogP) is 1.50. The van der Waals surface area contributed by atoms with Crippen LogP contribution >= 0.6 is 0 Å². The van der Waals surface area contributed by atoms with E-state index >= 15 is 0 Å². The fraction of sp³-hybridized carbons (Fsp3) is 0.200. The van der Waals surface area contributed by atoms with E-state index in [1.165, 1.54) is 36.7 Å². The highest BCUT2D eigenvalue weighted by molar-refractivity contribution is 6.35. The molecule has 10 heteroatoms. The molecule has 2 aromatic rings. The molecule has 0 radical (unpaired) electrons. The number of nitrogens with zero attached hydrogens (tertiary/aromatic N) is 2. The Morgan fingerprint density at radius 2 is 1.23 bits per heavy atom. The van der Waals surface area contributed by atoms with Crippen molar-refractivity contribution in [3.05, 3.63) is 47.5 Å². The molecule has 2 rings (SSSR count). The second kappa shape index (κ2) is 11.1. The summed E-state index contributed by atoms with van der Waals surface area (Å²) >= 11 is 0. The summed E-state index contributed by atoms with van der Waals surface area (Å²) in [5, 5.41) is 26.7. The maximum atomic E-state index is 11.8.